The van der Waals surface area contributed by atoms with Gasteiger partial charge in [0.2, 0.25) is 0 Å². The van der Waals surface area contributed by atoms with E-state index >= 15 is 0 Å². The third kappa shape index (κ3) is 6.84. The minimum absolute atomic E-state index is 0.113. The summed E-state index contributed by atoms with van der Waals surface area (Å²) in [5, 5.41) is 0. The summed E-state index contributed by atoms with van der Waals surface area (Å²) in [7, 11) is 1.61. The van der Waals surface area contributed by atoms with Crippen LogP contribution < -0.4 is 4.74 Å². The molecule has 0 saturated carbocycles. The quantitative estimate of drug-likeness (QED) is 0.303. The maximum atomic E-state index is 13.3. The number of hydrogen-bond donors (Lipinski definition) is 0. The molecule has 3 aromatic rings. The molecule has 0 bridgehead atoms. The van der Waals surface area contributed by atoms with Crippen LogP contribution in [0.3, 0.4) is 0 Å². The monoisotopic (exact) mass is 523 g/mol. The molecule has 1 aliphatic rings. The molecular weight excluding hydrogens is 496 g/mol. The van der Waals surface area contributed by atoms with Crippen molar-refractivity contribution in [1.29, 1.82) is 0 Å². The number of ether oxygens (including phenoxy) is 2. The smallest absolute Gasteiger partial charge is 0.416 e. The van der Waals surface area contributed by atoms with Crippen LogP contribution in [0.4, 0.5) is 26.3 Å². The van der Waals surface area contributed by atoms with Gasteiger partial charge in [-0.25, -0.2) is 0 Å². The highest BCUT2D eigenvalue weighted by Crippen LogP contribution is 2.37. The Morgan fingerprint density at radius 1 is 0.838 bits per heavy atom. The number of halogens is 6. The van der Waals surface area contributed by atoms with Gasteiger partial charge in [0.15, 0.2) is 0 Å². The Kier molecular flexibility index (Phi) is 8.14. The van der Waals surface area contributed by atoms with Gasteiger partial charge in [-0.1, -0.05) is 48.5 Å². The van der Waals surface area contributed by atoms with E-state index in [-0.39, 0.29) is 30.3 Å². The third-order valence-electron chi connectivity index (χ3n) is 6.56. The zero-order chi connectivity index (χ0) is 26.6. The van der Waals surface area contributed by atoms with Crippen molar-refractivity contribution in [2.24, 2.45) is 0 Å². The number of nitrogens with zero attached hydrogens (tertiary/aromatic N) is 1. The molecule has 1 fully saturated rings. The van der Waals surface area contributed by atoms with Gasteiger partial charge in [-0.15, -0.1) is 0 Å². The van der Waals surface area contributed by atoms with E-state index in [1.54, 1.807) is 7.11 Å². The van der Waals surface area contributed by atoms with Gasteiger partial charge >= 0.3 is 12.4 Å². The lowest BCUT2D eigenvalue weighted by Gasteiger charge is -2.39. The van der Waals surface area contributed by atoms with Crippen LogP contribution in [-0.2, 0) is 30.2 Å². The van der Waals surface area contributed by atoms with Crippen LogP contribution in [-0.4, -0.2) is 31.2 Å². The molecular formula is C28H27F6NO2. The van der Waals surface area contributed by atoms with Crippen LogP contribution in [0.2, 0.25) is 0 Å². The molecule has 198 valence electrons. The number of piperidine rings is 1. The Labute approximate surface area is 211 Å². The summed E-state index contributed by atoms with van der Waals surface area (Å²) in [5.74, 6) is 0.666. The number of alkyl halides is 6. The van der Waals surface area contributed by atoms with Crippen LogP contribution in [0.1, 0.15) is 40.2 Å². The van der Waals surface area contributed by atoms with Gasteiger partial charge in [0, 0.05) is 31.1 Å². The lowest BCUT2D eigenvalue weighted by atomic mass is 9.87. The number of para-hydroxylation sites is 1. The van der Waals surface area contributed by atoms with E-state index in [9.17, 15) is 26.3 Å². The number of likely N-dealkylation sites (tertiary alicyclic amines) is 1. The Hall–Kier alpha value is -3.04. The van der Waals surface area contributed by atoms with Crippen LogP contribution in [0.25, 0.3) is 0 Å². The normalized spacial score (nSPS) is 19.1. The zero-order valence-corrected chi connectivity index (χ0v) is 20.1. The maximum absolute atomic E-state index is 13.3. The van der Waals surface area contributed by atoms with Gasteiger partial charge < -0.3 is 9.47 Å². The van der Waals surface area contributed by atoms with Crippen molar-refractivity contribution in [3.05, 3.63) is 101 Å². The largest absolute Gasteiger partial charge is 0.496 e. The molecule has 4 rings (SSSR count). The lowest BCUT2D eigenvalue weighted by molar-refractivity contribution is -0.143. The molecule has 2 unspecified atom stereocenters. The second-order valence-corrected chi connectivity index (χ2v) is 9.12. The fourth-order valence-electron chi connectivity index (χ4n) is 4.74. The van der Waals surface area contributed by atoms with E-state index in [1.807, 2.05) is 54.6 Å². The average molecular weight is 524 g/mol. The van der Waals surface area contributed by atoms with Crippen LogP contribution in [0.5, 0.6) is 5.75 Å². The molecule has 0 aliphatic carbocycles. The van der Waals surface area contributed by atoms with Crippen LogP contribution in [0, 0.1) is 0 Å². The number of rotatable bonds is 7. The van der Waals surface area contributed by atoms with Gasteiger partial charge in [-0.3, -0.25) is 4.90 Å². The van der Waals surface area contributed by atoms with Gasteiger partial charge in [0.25, 0.3) is 0 Å². The summed E-state index contributed by atoms with van der Waals surface area (Å²) in [6.45, 7) is 1.56. The Balaban J connectivity index is 1.54. The SMILES string of the molecule is COc1ccccc1CN1CCC(OCc2cc(C(F)(F)F)cc(C(F)(F)F)c2)C(c2ccccc2)C1. The van der Waals surface area contributed by atoms with Crippen molar-refractivity contribution in [3.63, 3.8) is 0 Å². The first kappa shape index (κ1) is 27.0. The molecule has 1 saturated heterocycles. The molecule has 0 radical (unpaired) electrons. The fraction of sp³-hybridized carbons (Fsp3) is 0.357. The maximum Gasteiger partial charge on any atom is 0.416 e. The third-order valence-corrected chi connectivity index (χ3v) is 6.56. The van der Waals surface area contributed by atoms with Crippen molar-refractivity contribution >= 4 is 0 Å². The highest BCUT2D eigenvalue weighted by atomic mass is 19.4. The molecule has 1 heterocycles. The molecule has 0 spiro atoms. The van der Waals surface area contributed by atoms with Crippen molar-refractivity contribution < 1.29 is 35.8 Å². The van der Waals surface area contributed by atoms with Crippen molar-refractivity contribution in [1.82, 2.24) is 4.90 Å². The molecule has 0 amide bonds. The standard InChI is InChI=1S/C28H27F6NO2/c1-36-25-10-6-5-9-21(25)16-35-12-11-26(24(17-35)20-7-3-2-4-8-20)37-18-19-13-22(27(29,30)31)15-23(14-19)28(32,33)34/h2-10,13-15,24,26H,11-12,16-18H2,1H3. The van der Waals surface area contributed by atoms with E-state index < -0.39 is 23.5 Å². The fourth-order valence-corrected chi connectivity index (χ4v) is 4.74. The average Bonchev–Trinajstić information content (AvgIpc) is 2.87. The predicted octanol–water partition coefficient (Wildman–Crippen LogP) is 7.31. The number of hydrogen-bond acceptors (Lipinski definition) is 3. The Morgan fingerprint density at radius 2 is 1.46 bits per heavy atom. The summed E-state index contributed by atoms with van der Waals surface area (Å²) in [6, 6.07) is 18.9. The van der Waals surface area contributed by atoms with Crippen molar-refractivity contribution in [2.45, 2.75) is 43.9 Å². The molecule has 0 aromatic heterocycles. The first-order chi connectivity index (χ1) is 17.5. The van der Waals surface area contributed by atoms with Gasteiger partial charge in [0.1, 0.15) is 5.75 Å². The molecule has 37 heavy (non-hydrogen) atoms. The van der Waals surface area contributed by atoms with E-state index in [4.69, 9.17) is 9.47 Å². The Morgan fingerprint density at radius 3 is 2.08 bits per heavy atom. The summed E-state index contributed by atoms with van der Waals surface area (Å²) in [4.78, 5) is 2.25. The van der Waals surface area contributed by atoms with Crippen LogP contribution >= 0.6 is 0 Å². The minimum Gasteiger partial charge on any atom is -0.496 e. The van der Waals surface area contributed by atoms with E-state index in [0.29, 0.717) is 26.1 Å². The van der Waals surface area contributed by atoms with Gasteiger partial charge in [-0.05, 0) is 41.8 Å². The predicted molar refractivity (Wildman–Crippen MR) is 127 cm³/mol. The van der Waals surface area contributed by atoms with Crippen LogP contribution in [0.15, 0.2) is 72.8 Å². The van der Waals surface area contributed by atoms with Crippen molar-refractivity contribution in [3.8, 4) is 5.75 Å². The summed E-state index contributed by atoms with van der Waals surface area (Å²) in [6.07, 6.45) is -9.60. The second kappa shape index (κ2) is 11.1. The summed E-state index contributed by atoms with van der Waals surface area (Å²) < 4.78 is 91.1. The molecule has 0 N–H and O–H groups in total. The Bertz CT molecular complexity index is 1150. The number of methoxy groups -OCH3 is 1. The molecule has 9 heteroatoms. The van der Waals surface area contributed by atoms with E-state index in [2.05, 4.69) is 4.90 Å². The van der Waals surface area contributed by atoms with E-state index in [0.717, 1.165) is 29.0 Å². The van der Waals surface area contributed by atoms with Crippen molar-refractivity contribution in [2.75, 3.05) is 20.2 Å². The highest BCUT2D eigenvalue weighted by Gasteiger charge is 2.37. The molecule has 1 aliphatic heterocycles. The van der Waals surface area contributed by atoms with Gasteiger partial charge in [-0.2, -0.15) is 26.3 Å². The summed E-state index contributed by atoms with van der Waals surface area (Å²) in [5.41, 5.74) is -0.818. The molecule has 2 atom stereocenters. The first-order valence-corrected chi connectivity index (χ1v) is 11.8. The van der Waals surface area contributed by atoms with Gasteiger partial charge in [0.05, 0.1) is 30.9 Å². The topological polar surface area (TPSA) is 21.7 Å². The minimum atomic E-state index is -4.90. The highest BCUT2D eigenvalue weighted by molar-refractivity contribution is 5.34. The lowest BCUT2D eigenvalue weighted by Crippen LogP contribution is -2.42. The second-order valence-electron chi connectivity index (χ2n) is 9.12. The number of benzene rings is 3. The molecule has 3 nitrogen and oxygen atoms in total. The summed E-state index contributed by atoms with van der Waals surface area (Å²) >= 11 is 0. The molecule has 3 aromatic carbocycles. The first-order valence-electron chi connectivity index (χ1n) is 11.8. The van der Waals surface area contributed by atoms with E-state index in [1.165, 1.54) is 0 Å². The zero-order valence-electron chi connectivity index (χ0n) is 20.1.